The van der Waals surface area contributed by atoms with E-state index in [2.05, 4.69) is 115 Å². The third kappa shape index (κ3) is 1020. The molecule has 0 aliphatic carbocycles. The Morgan fingerprint density at radius 1 is 0.528 bits per heavy atom. The van der Waals surface area contributed by atoms with Crippen LogP contribution in [0.1, 0.15) is 287 Å². The standard InChI is InChI=1S/C5H8O.C5H12O.2C5H12.C4H9Br.C4H6F2.C4H9O.C4H10O.C4H8O.C4H6.C3H3F3.C3H8O.C3H4.C2H5Br.C2F4.C2H6O.2C2H4O.2C2H6.2CH4O.3CH3.2B.2BrH.K.3Na.H2O.Pd.2Y.2H/c1-4-5(2,3)6;1-3-4-5-6-2;2*1-3-5-4-2;1-2-3-4-5;1-3(5)4(2)6;1-4(2,3)5;2*1-2-3-4-5;1-3-4-2;1-2(4)3(5)6;1-3-4-2;1-3-2;1-2-3;3-1(4)2(5)6;3*1-2-3;4*1-2;;;;;;;;;;;;;;;;;/h1,6H,2-3H3;3-5H2,1-2H3;2*3-5H2,1-2H3;2-4H2,1H3;1-2H3;1-3H3;5H,2-4H2,1H3;4H,2-3H2,1H3;1-2H3;1H3;3H2,1-2H3;1H,2H3;2H2,1H3;;3H,2H2,1H3;2*2H,1H3;2*1-2H3;2*2H,1H3;3*1H3;;;2*1H;;;;;1H2;;;;;/q;;;;;;-1;;;;;;;;;;;;;;;;3*-1;;;;;4*+1;;;;;2*-1/p-1/b;;;;;4-3+;;;;;;;;;;;;;;;;;;;;;;;;;;;;;;;;;. The van der Waals surface area contributed by atoms with Crippen molar-refractivity contribution in [1.82, 2.24) is 0 Å². The maximum atomic E-state index is 11.3. The van der Waals surface area contributed by atoms with E-state index in [0.717, 1.165) is 90.1 Å². The second-order valence-electron chi connectivity index (χ2n) is 15.7. The predicted octanol–water partition coefficient (Wildman–Crippen LogP) is 11.8. The minimum Gasteiger partial charge on any atom is -1.00 e. The molecule has 0 saturated carbocycles. The van der Waals surface area contributed by atoms with Crippen LogP contribution in [0.5, 0.6) is 0 Å². The number of alkyl halides is 2. The number of carbonyl (C=O) groups excluding carboxylic acids is 3. The van der Waals surface area contributed by atoms with Crippen molar-refractivity contribution < 1.29 is 328 Å². The quantitative estimate of drug-likeness (QED) is 0.0208. The molecule has 0 aromatic carbocycles. The van der Waals surface area contributed by atoms with Gasteiger partial charge in [0.25, 0.3) is 0 Å². The monoisotopic (exact) mass is 2120 g/mol. The molecule has 0 aliphatic rings. The Hall–Kier alpha value is 5.48. The molecular formula is C72H160B2Br4F9KNa3O12PdY2-3. The van der Waals surface area contributed by atoms with E-state index in [0.29, 0.717) is 20.0 Å². The average Bonchev–Trinajstić information content (AvgIpc) is 3.49. The Balaban J connectivity index is -0.0000000125. The van der Waals surface area contributed by atoms with Crippen LogP contribution in [0.2, 0.25) is 0 Å². The van der Waals surface area contributed by atoms with Gasteiger partial charge in [0.2, 0.25) is 0 Å². The molecule has 0 spiro atoms. The summed E-state index contributed by atoms with van der Waals surface area (Å²) in [4.78, 5) is 27.0. The molecule has 0 aliphatic heterocycles. The summed E-state index contributed by atoms with van der Waals surface area (Å²) in [6.45, 7) is 52.3. The van der Waals surface area contributed by atoms with Crippen LogP contribution in [-0.2, 0) is 110 Å². The third-order valence-electron chi connectivity index (χ3n) is 5.29. The van der Waals surface area contributed by atoms with Crippen LogP contribution in [0.4, 0.5) is 39.5 Å². The summed E-state index contributed by atoms with van der Waals surface area (Å²) < 4.78 is 105. The number of aldehydes is 3. The summed E-state index contributed by atoms with van der Waals surface area (Å²) in [6.07, 6.45) is 20.7. The number of methoxy groups -OCH3 is 2. The summed E-state index contributed by atoms with van der Waals surface area (Å²) in [5, 5.41) is 50.5. The van der Waals surface area contributed by atoms with Gasteiger partial charge in [0.15, 0.2) is 5.83 Å². The smallest absolute Gasteiger partial charge is 1.00 e. The van der Waals surface area contributed by atoms with Gasteiger partial charge in [-0.1, -0.05) is 206 Å². The number of terminal acetylenes is 2. The molecule has 0 rings (SSSR count). The average molecular weight is 2120 g/mol. The van der Waals surface area contributed by atoms with Crippen molar-refractivity contribution in [2.75, 3.05) is 65.5 Å². The number of unbranched alkanes of at least 4 members (excludes halogenated alkanes) is 8. The fourth-order valence-electron chi connectivity index (χ4n) is 1.41. The summed E-state index contributed by atoms with van der Waals surface area (Å²) in [5.41, 5.74) is -1.68. The Labute approximate surface area is 871 Å². The van der Waals surface area contributed by atoms with Gasteiger partial charge in [-0.25, -0.2) is 13.2 Å². The number of aliphatic hydroxyl groups excluding tert-OH is 4. The van der Waals surface area contributed by atoms with Crippen molar-refractivity contribution >= 4 is 102 Å². The number of carbonyl (C=O) groups is 3. The van der Waals surface area contributed by atoms with E-state index >= 15 is 0 Å². The first-order valence-electron chi connectivity index (χ1n) is 30.5. The molecular weight excluding hydrogens is 1960 g/mol. The molecule has 0 heterocycles. The molecule has 0 unspecified atom stereocenters. The predicted molar refractivity (Wildman–Crippen MR) is 443 cm³/mol. The van der Waals surface area contributed by atoms with E-state index in [1.54, 1.807) is 62.7 Å². The van der Waals surface area contributed by atoms with E-state index in [1.807, 2.05) is 62.3 Å². The van der Waals surface area contributed by atoms with Crippen molar-refractivity contribution in [3.05, 3.63) is 58.0 Å². The number of rotatable bonds is 14. The SMILES string of the molecule is Br.Br.C#CC.C#CC(C)(C)O.C/C(F)=C(/C)F.CC.CC.CC#CC.CC(C)(C)[O-].CC(F)=C(F)F.CC=O.CC=O.CCBr.CCCC=O.CCCCBr.CCCCC.CCCCC.CCCCO.CCCCOC.CCO.CCOC.CO.CO.FC(F)=C(F)F.[B].[B].[CH3-].[CH3-].[CH3-].[H-].[H-].[K+].[Na+].[Na+].[Na+].[OH-].[Pd].[Y].[Y]. The van der Waals surface area contributed by atoms with Crippen LogP contribution in [0.15, 0.2) is 35.7 Å². The molecule has 34 heteroatoms. The molecule has 640 valence electrons. The Bertz CT molecular complexity index is 1230. The number of halogens is 13. The maximum Gasteiger partial charge on any atom is 1.00 e. The minimum atomic E-state index is -2.91. The van der Waals surface area contributed by atoms with Crippen LogP contribution in [0.25, 0.3) is 0 Å². The molecule has 0 atom stereocenters. The van der Waals surface area contributed by atoms with Crippen LogP contribution in [0, 0.1) is 58.8 Å². The molecule has 12 nitrogen and oxygen atoms in total. The van der Waals surface area contributed by atoms with Gasteiger partial charge in [0, 0.05) is 175 Å². The fraction of sp³-hybridized carbons (Fsp3) is 0.750. The number of ether oxygens (including phenoxy) is 2. The molecule has 0 bridgehead atoms. The maximum absolute atomic E-state index is 11.3. The van der Waals surface area contributed by atoms with E-state index in [1.165, 1.54) is 78.1 Å². The number of hydrogen-bond acceptors (Lipinski definition) is 12. The summed E-state index contributed by atoms with van der Waals surface area (Å²) >= 11 is 6.46. The zero-order chi connectivity index (χ0) is 79.0. The first-order valence-corrected chi connectivity index (χ1v) is 32.7. The number of hydrogen-bond donors (Lipinski definition) is 5. The van der Waals surface area contributed by atoms with Crippen molar-refractivity contribution in [2.45, 2.75) is 295 Å². The Morgan fingerprint density at radius 2 is 0.698 bits per heavy atom. The van der Waals surface area contributed by atoms with Crippen molar-refractivity contribution in [1.29, 1.82) is 0 Å². The van der Waals surface area contributed by atoms with Gasteiger partial charge in [-0.3, -0.25) is 0 Å². The third-order valence-corrected chi connectivity index (χ3v) is 5.85. The van der Waals surface area contributed by atoms with Crippen LogP contribution < -0.4 is 145 Å². The molecule has 6 N–H and O–H groups in total. The zero-order valence-corrected chi connectivity index (χ0v) is 97.7. The van der Waals surface area contributed by atoms with Gasteiger partial charge >= 0.3 is 158 Å². The second kappa shape index (κ2) is 318. The summed E-state index contributed by atoms with van der Waals surface area (Å²) in [7, 11) is 5.41. The molecule has 0 saturated heterocycles. The van der Waals surface area contributed by atoms with Crippen LogP contribution in [-0.4, -0.2) is 143 Å². The number of aliphatic hydroxyl groups is 5. The van der Waals surface area contributed by atoms with Crippen LogP contribution >= 0.6 is 65.8 Å². The normalized spacial score (nSPS) is 6.59. The molecule has 0 aromatic rings. The van der Waals surface area contributed by atoms with Gasteiger partial charge in [0.05, 0.1) is 0 Å². The molecule has 0 amide bonds. The minimum absolute atomic E-state index is 0. The molecule has 8 radical (unpaired) electrons. The van der Waals surface area contributed by atoms with Gasteiger partial charge in [-0.2, -0.15) is 26.3 Å². The zero-order valence-electron chi connectivity index (χ0n) is 76.8. The molecule has 0 fully saturated rings. The molecule has 106 heavy (non-hydrogen) atoms. The van der Waals surface area contributed by atoms with E-state index in [9.17, 15) is 49.4 Å². The first kappa shape index (κ1) is 245. The van der Waals surface area contributed by atoms with Gasteiger partial charge in [-0.05, 0) is 109 Å². The Morgan fingerprint density at radius 3 is 0.708 bits per heavy atom. The van der Waals surface area contributed by atoms with Crippen LogP contribution in [0.3, 0.4) is 0 Å². The van der Waals surface area contributed by atoms with E-state index in [4.69, 9.17) is 46.3 Å². The number of allylic oxidation sites excluding steroid dienone is 3. The van der Waals surface area contributed by atoms with E-state index < -0.39 is 46.9 Å². The Kier molecular flexibility index (Phi) is 737. The largest absolute Gasteiger partial charge is 1.00 e. The fourth-order valence-corrected chi connectivity index (χ4v) is 1.97. The van der Waals surface area contributed by atoms with Crippen molar-refractivity contribution in [3.63, 3.8) is 0 Å². The van der Waals surface area contributed by atoms with E-state index in [-0.39, 0.29) is 314 Å². The molecule has 0 aromatic heterocycles. The second-order valence-corrected chi connectivity index (χ2v) is 17.7. The summed E-state index contributed by atoms with van der Waals surface area (Å²) in [5.74, 6) is 6.88. The summed E-state index contributed by atoms with van der Waals surface area (Å²) in [6, 6.07) is 0. The van der Waals surface area contributed by atoms with Crippen molar-refractivity contribution in [2.24, 2.45) is 0 Å². The van der Waals surface area contributed by atoms with Gasteiger partial charge in [-0.15, -0.1) is 70.2 Å². The topological polar surface area (TPSA) is 224 Å². The van der Waals surface area contributed by atoms with Gasteiger partial charge < -0.3 is 85.1 Å². The van der Waals surface area contributed by atoms with Gasteiger partial charge in [0.1, 0.15) is 36.1 Å². The van der Waals surface area contributed by atoms with Crippen molar-refractivity contribution in [3.8, 4) is 36.5 Å². The first-order chi connectivity index (χ1) is 42.4.